The van der Waals surface area contributed by atoms with Crippen LogP contribution in [0.1, 0.15) is 32.2 Å². The average Bonchev–Trinajstić information content (AvgIpc) is 2.94. The number of esters is 1. The van der Waals surface area contributed by atoms with Crippen LogP contribution in [-0.2, 0) is 4.74 Å². The maximum absolute atomic E-state index is 12.5. The van der Waals surface area contributed by atoms with Gasteiger partial charge in [-0.2, -0.15) is 0 Å². The molecule has 0 aliphatic carbocycles. The molecule has 0 N–H and O–H groups in total. The summed E-state index contributed by atoms with van der Waals surface area (Å²) in [4.78, 5) is 28.4. The van der Waals surface area contributed by atoms with Crippen molar-refractivity contribution in [3.05, 3.63) is 81.8 Å². The number of pyridine rings is 1. The molecule has 132 valence electrons. The van der Waals surface area contributed by atoms with Crippen molar-refractivity contribution >= 4 is 27.7 Å². The zero-order valence-electron chi connectivity index (χ0n) is 14.4. The van der Waals surface area contributed by atoms with Crippen LogP contribution in [0.25, 0.3) is 5.69 Å². The normalized spacial score (nSPS) is 10.6. The summed E-state index contributed by atoms with van der Waals surface area (Å²) in [6, 6.07) is 14.6. The van der Waals surface area contributed by atoms with E-state index in [2.05, 4.69) is 20.9 Å². The molecule has 2 aromatic heterocycles. The van der Waals surface area contributed by atoms with E-state index in [1.54, 1.807) is 18.2 Å². The van der Waals surface area contributed by atoms with Crippen LogP contribution in [0.5, 0.6) is 0 Å². The van der Waals surface area contributed by atoms with E-state index in [4.69, 9.17) is 4.74 Å². The number of hydrogen-bond acceptors (Lipinski definition) is 4. The van der Waals surface area contributed by atoms with E-state index >= 15 is 0 Å². The minimum absolute atomic E-state index is 0.180. The van der Waals surface area contributed by atoms with E-state index < -0.39 is 5.97 Å². The molecule has 0 radical (unpaired) electrons. The molecule has 0 aliphatic rings. The molecule has 5 nitrogen and oxygen atoms in total. The molecular formula is C20H17BrN2O3. The van der Waals surface area contributed by atoms with Crippen molar-refractivity contribution in [2.45, 2.75) is 13.8 Å². The monoisotopic (exact) mass is 412 g/mol. The Morgan fingerprint density at radius 1 is 1.12 bits per heavy atom. The highest BCUT2D eigenvalue weighted by Crippen LogP contribution is 2.23. The summed E-state index contributed by atoms with van der Waals surface area (Å²) < 4.78 is 8.06. The first kappa shape index (κ1) is 18.1. The summed E-state index contributed by atoms with van der Waals surface area (Å²) in [5.74, 6) is -0.858. The average molecular weight is 413 g/mol. The van der Waals surface area contributed by atoms with Crippen molar-refractivity contribution in [2.24, 2.45) is 0 Å². The third kappa shape index (κ3) is 3.75. The molecule has 0 atom stereocenters. The van der Waals surface area contributed by atoms with Gasteiger partial charge in [0.25, 0.3) is 0 Å². The van der Waals surface area contributed by atoms with Gasteiger partial charge in [-0.15, -0.1) is 0 Å². The molecule has 0 unspecified atom stereocenters. The summed E-state index contributed by atoms with van der Waals surface area (Å²) in [6.07, 6.45) is 1.50. The van der Waals surface area contributed by atoms with Crippen molar-refractivity contribution in [1.82, 2.24) is 9.55 Å². The van der Waals surface area contributed by atoms with E-state index in [0.29, 0.717) is 5.56 Å². The maximum atomic E-state index is 12.5. The van der Waals surface area contributed by atoms with Crippen molar-refractivity contribution in [3.63, 3.8) is 0 Å². The number of benzene rings is 1. The highest BCUT2D eigenvalue weighted by atomic mass is 79.9. The smallest absolute Gasteiger partial charge is 0.357 e. The molecular weight excluding hydrogens is 396 g/mol. The first-order valence-electron chi connectivity index (χ1n) is 8.03. The first-order chi connectivity index (χ1) is 12.5. The van der Waals surface area contributed by atoms with Crippen LogP contribution < -0.4 is 0 Å². The summed E-state index contributed by atoms with van der Waals surface area (Å²) >= 11 is 3.46. The number of nitrogens with zero attached hydrogens (tertiary/aromatic N) is 2. The number of ketones is 1. The van der Waals surface area contributed by atoms with Gasteiger partial charge in [0.15, 0.2) is 6.61 Å². The molecule has 26 heavy (non-hydrogen) atoms. The van der Waals surface area contributed by atoms with Gasteiger partial charge in [-0.3, -0.25) is 4.79 Å². The zero-order valence-corrected chi connectivity index (χ0v) is 16.0. The van der Waals surface area contributed by atoms with E-state index in [1.807, 2.05) is 48.7 Å². The van der Waals surface area contributed by atoms with Gasteiger partial charge >= 0.3 is 5.97 Å². The summed E-state index contributed by atoms with van der Waals surface area (Å²) in [5.41, 5.74) is 3.41. The first-order valence-corrected chi connectivity index (χ1v) is 8.83. The zero-order chi connectivity index (χ0) is 18.7. The SMILES string of the molecule is Cc1cc(C(=O)COC(=O)c2ccccn2)c(C)n1-c1cccc(Br)c1. The number of Topliss-reactive ketones (excluding diaryl/α,β-unsaturated/α-hetero) is 1. The topological polar surface area (TPSA) is 61.2 Å². The molecule has 3 rings (SSSR count). The van der Waals surface area contributed by atoms with Gasteiger partial charge in [0.2, 0.25) is 5.78 Å². The van der Waals surface area contributed by atoms with Gasteiger partial charge in [0.1, 0.15) is 5.69 Å². The minimum atomic E-state index is -0.611. The van der Waals surface area contributed by atoms with Crippen molar-refractivity contribution in [3.8, 4) is 5.69 Å². The lowest BCUT2D eigenvalue weighted by Gasteiger charge is -2.10. The third-order valence-electron chi connectivity index (χ3n) is 4.01. The van der Waals surface area contributed by atoms with E-state index in [-0.39, 0.29) is 18.1 Å². The van der Waals surface area contributed by atoms with Crippen molar-refractivity contribution < 1.29 is 14.3 Å². The van der Waals surface area contributed by atoms with Crippen LogP contribution >= 0.6 is 15.9 Å². The number of ether oxygens (including phenoxy) is 1. The minimum Gasteiger partial charge on any atom is -0.453 e. The largest absolute Gasteiger partial charge is 0.453 e. The quantitative estimate of drug-likeness (QED) is 0.463. The molecule has 1 aromatic carbocycles. The van der Waals surface area contributed by atoms with Crippen LogP contribution in [0.15, 0.2) is 59.2 Å². The predicted octanol–water partition coefficient (Wildman–Crippen LogP) is 4.29. The molecule has 0 aliphatic heterocycles. The Balaban J connectivity index is 1.78. The lowest BCUT2D eigenvalue weighted by atomic mass is 10.1. The number of hydrogen-bond donors (Lipinski definition) is 0. The third-order valence-corrected chi connectivity index (χ3v) is 4.50. The van der Waals surface area contributed by atoms with Crippen LogP contribution in [-0.4, -0.2) is 27.9 Å². The second-order valence-electron chi connectivity index (χ2n) is 5.81. The van der Waals surface area contributed by atoms with Gasteiger partial charge in [-0.1, -0.05) is 28.1 Å². The van der Waals surface area contributed by atoms with Crippen LogP contribution in [0, 0.1) is 13.8 Å². The Kier molecular flexibility index (Phi) is 5.32. The van der Waals surface area contributed by atoms with Gasteiger partial charge < -0.3 is 9.30 Å². The second kappa shape index (κ2) is 7.66. The Bertz CT molecular complexity index is 964. The fraction of sp³-hybridized carbons (Fsp3) is 0.150. The molecule has 3 aromatic rings. The predicted molar refractivity (Wildman–Crippen MR) is 102 cm³/mol. The highest BCUT2D eigenvalue weighted by molar-refractivity contribution is 9.10. The fourth-order valence-electron chi connectivity index (χ4n) is 2.82. The lowest BCUT2D eigenvalue weighted by molar-refractivity contribution is 0.0468. The van der Waals surface area contributed by atoms with E-state index in [9.17, 15) is 9.59 Å². The van der Waals surface area contributed by atoms with E-state index in [1.165, 1.54) is 6.20 Å². The van der Waals surface area contributed by atoms with Crippen LogP contribution in [0.4, 0.5) is 0 Å². The second-order valence-corrected chi connectivity index (χ2v) is 6.73. The molecule has 0 fully saturated rings. The fourth-order valence-corrected chi connectivity index (χ4v) is 3.21. The standard InChI is InChI=1S/C20H17BrN2O3/c1-13-10-17(14(2)23(13)16-7-5-6-15(21)11-16)19(24)12-26-20(25)18-8-3-4-9-22-18/h3-11H,12H2,1-2H3. The Morgan fingerprint density at radius 2 is 1.92 bits per heavy atom. The van der Waals surface area contributed by atoms with Crippen LogP contribution in [0.2, 0.25) is 0 Å². The number of aryl methyl sites for hydroxylation is 1. The molecule has 0 bridgehead atoms. The van der Waals surface area contributed by atoms with Gasteiger partial charge in [0.05, 0.1) is 0 Å². The molecule has 6 heteroatoms. The summed E-state index contributed by atoms with van der Waals surface area (Å²) in [6.45, 7) is 3.49. The number of carbonyl (C=O) groups is 2. The lowest BCUT2D eigenvalue weighted by Crippen LogP contribution is -2.15. The number of aromatic nitrogens is 2. The molecule has 0 saturated carbocycles. The maximum Gasteiger partial charge on any atom is 0.357 e. The van der Waals surface area contributed by atoms with Crippen molar-refractivity contribution in [1.29, 1.82) is 0 Å². The Labute approximate surface area is 159 Å². The van der Waals surface area contributed by atoms with Gasteiger partial charge in [0, 0.05) is 33.3 Å². The number of rotatable bonds is 5. The summed E-state index contributed by atoms with van der Waals surface area (Å²) in [5, 5.41) is 0. The van der Waals surface area contributed by atoms with Crippen LogP contribution in [0.3, 0.4) is 0 Å². The number of carbonyl (C=O) groups excluding carboxylic acids is 2. The number of halogens is 1. The Hall–Kier alpha value is -2.73. The molecule has 0 spiro atoms. The molecule has 0 amide bonds. The summed E-state index contributed by atoms with van der Waals surface area (Å²) in [7, 11) is 0. The van der Waals surface area contributed by atoms with E-state index in [0.717, 1.165) is 21.5 Å². The Morgan fingerprint density at radius 3 is 2.62 bits per heavy atom. The van der Waals surface area contributed by atoms with Crippen molar-refractivity contribution in [2.75, 3.05) is 6.61 Å². The molecule has 2 heterocycles. The van der Waals surface area contributed by atoms with Gasteiger partial charge in [-0.05, 0) is 50.2 Å². The van der Waals surface area contributed by atoms with Gasteiger partial charge in [-0.25, -0.2) is 9.78 Å². The molecule has 0 saturated heterocycles. The highest BCUT2D eigenvalue weighted by Gasteiger charge is 2.19.